The Bertz CT molecular complexity index is 1140. The Morgan fingerprint density at radius 2 is 0.875 bits per heavy atom. The predicted molar refractivity (Wildman–Crippen MR) is 261 cm³/mol. The van der Waals surface area contributed by atoms with Crippen molar-refractivity contribution in [2.24, 2.45) is 0 Å². The molecule has 1 rings (SSSR count). The summed E-state index contributed by atoms with van der Waals surface area (Å²) in [7, 11) is 0. The average molecular weight is 907 g/mol. The van der Waals surface area contributed by atoms with E-state index in [1.807, 2.05) is 0 Å². The molecule has 0 bridgehead atoms. The first-order valence-corrected chi connectivity index (χ1v) is 26.6. The van der Waals surface area contributed by atoms with Gasteiger partial charge in [0.1, 0.15) is 31.0 Å². The van der Waals surface area contributed by atoms with Crippen molar-refractivity contribution >= 4 is 11.9 Å². The summed E-state index contributed by atoms with van der Waals surface area (Å²) in [5, 5.41) is 40.2. The van der Waals surface area contributed by atoms with E-state index in [4.69, 9.17) is 18.9 Å². The molecule has 0 spiro atoms. The third-order valence-corrected chi connectivity index (χ3v) is 12.2. The topological polar surface area (TPSA) is 152 Å². The standard InChI is InChI=1S/C54H98O10/c1-3-5-7-9-11-13-15-17-19-21-22-23-24-25-26-27-29-31-33-35-37-39-41-43-50(57)63-47(46-62-54-53(60)52(59)51(58)48(44-55)64-54)45-61-49(56)42-40-38-36-34-32-30-28-20-18-16-14-12-10-8-6-4-2/h15,17,20-22,28,47-48,51-55,58-60H,3-14,16,18-19,23-27,29-46H2,1-2H3/b17-15-,22-21-,28-20-. The molecule has 1 aliphatic heterocycles. The van der Waals surface area contributed by atoms with Crippen LogP contribution in [0.15, 0.2) is 36.5 Å². The first kappa shape index (κ1) is 59.9. The molecule has 4 N–H and O–H groups in total. The number of esters is 2. The first-order valence-electron chi connectivity index (χ1n) is 26.6. The lowest BCUT2D eigenvalue weighted by Gasteiger charge is -2.39. The van der Waals surface area contributed by atoms with Crippen molar-refractivity contribution in [2.45, 2.75) is 275 Å². The summed E-state index contributed by atoms with van der Waals surface area (Å²) in [6.07, 6.45) is 45.8. The maximum Gasteiger partial charge on any atom is 0.306 e. The minimum Gasteiger partial charge on any atom is -0.462 e. The quantitative estimate of drug-likeness (QED) is 0.0264. The second-order valence-electron chi connectivity index (χ2n) is 18.3. The van der Waals surface area contributed by atoms with E-state index in [0.717, 1.165) is 64.2 Å². The molecule has 64 heavy (non-hydrogen) atoms. The molecule has 6 atom stereocenters. The zero-order valence-corrected chi connectivity index (χ0v) is 41.0. The second kappa shape index (κ2) is 44.7. The van der Waals surface area contributed by atoms with Crippen LogP contribution in [0, 0.1) is 0 Å². The highest BCUT2D eigenvalue weighted by Crippen LogP contribution is 2.23. The molecule has 0 radical (unpaired) electrons. The molecule has 374 valence electrons. The van der Waals surface area contributed by atoms with Gasteiger partial charge in [-0.25, -0.2) is 0 Å². The minimum atomic E-state index is -1.60. The van der Waals surface area contributed by atoms with E-state index < -0.39 is 49.4 Å². The lowest BCUT2D eigenvalue weighted by Crippen LogP contribution is -2.59. The molecule has 0 saturated carbocycles. The molecule has 1 aliphatic rings. The van der Waals surface area contributed by atoms with Crippen LogP contribution in [-0.2, 0) is 28.5 Å². The van der Waals surface area contributed by atoms with Crippen molar-refractivity contribution in [3.63, 3.8) is 0 Å². The summed E-state index contributed by atoms with van der Waals surface area (Å²) >= 11 is 0. The fourth-order valence-electron chi connectivity index (χ4n) is 8.04. The molecule has 1 saturated heterocycles. The van der Waals surface area contributed by atoms with Gasteiger partial charge >= 0.3 is 11.9 Å². The maximum absolute atomic E-state index is 12.8. The molecular weight excluding hydrogens is 809 g/mol. The van der Waals surface area contributed by atoms with Crippen LogP contribution >= 0.6 is 0 Å². The molecular formula is C54H98O10. The van der Waals surface area contributed by atoms with Gasteiger partial charge in [-0.2, -0.15) is 0 Å². The van der Waals surface area contributed by atoms with Crippen molar-refractivity contribution < 1.29 is 49.0 Å². The summed E-state index contributed by atoms with van der Waals surface area (Å²) in [4.78, 5) is 25.5. The van der Waals surface area contributed by atoms with E-state index in [0.29, 0.717) is 6.42 Å². The van der Waals surface area contributed by atoms with Crippen molar-refractivity contribution in [2.75, 3.05) is 19.8 Å². The van der Waals surface area contributed by atoms with Gasteiger partial charge in [0, 0.05) is 12.8 Å². The Hall–Kier alpha value is -2.08. The number of aliphatic hydroxyl groups excluding tert-OH is 4. The number of aliphatic hydroxyl groups is 4. The van der Waals surface area contributed by atoms with Crippen molar-refractivity contribution in [1.82, 2.24) is 0 Å². The van der Waals surface area contributed by atoms with Crippen LogP contribution in [0.3, 0.4) is 0 Å². The molecule has 10 heteroatoms. The molecule has 0 amide bonds. The van der Waals surface area contributed by atoms with Gasteiger partial charge in [-0.1, -0.05) is 192 Å². The largest absolute Gasteiger partial charge is 0.462 e. The van der Waals surface area contributed by atoms with Crippen LogP contribution in [0.2, 0.25) is 0 Å². The van der Waals surface area contributed by atoms with Crippen molar-refractivity contribution in [3.05, 3.63) is 36.5 Å². The van der Waals surface area contributed by atoms with Gasteiger partial charge in [0.2, 0.25) is 0 Å². The zero-order chi connectivity index (χ0) is 46.6. The van der Waals surface area contributed by atoms with Crippen LogP contribution in [0.4, 0.5) is 0 Å². The lowest BCUT2D eigenvalue weighted by molar-refractivity contribution is -0.305. The predicted octanol–water partition coefficient (Wildman–Crippen LogP) is 12.6. The number of hydrogen-bond donors (Lipinski definition) is 4. The Labute approximate surface area is 391 Å². The number of ether oxygens (including phenoxy) is 4. The number of hydrogen-bond acceptors (Lipinski definition) is 10. The highest BCUT2D eigenvalue weighted by Gasteiger charge is 2.44. The number of carbonyl (C=O) groups excluding carboxylic acids is 2. The molecule has 1 fully saturated rings. The van der Waals surface area contributed by atoms with Crippen molar-refractivity contribution in [1.29, 1.82) is 0 Å². The average Bonchev–Trinajstić information content (AvgIpc) is 3.29. The van der Waals surface area contributed by atoms with Crippen LogP contribution in [0.1, 0.15) is 239 Å². The van der Waals surface area contributed by atoms with E-state index in [1.54, 1.807) is 0 Å². The molecule has 0 aliphatic carbocycles. The Balaban J connectivity index is 2.24. The van der Waals surface area contributed by atoms with Gasteiger partial charge in [0.25, 0.3) is 0 Å². The first-order chi connectivity index (χ1) is 31.3. The SMILES string of the molecule is CCCCCCC/C=C\C/C=C\CCCCCCCCCCCCCC(=O)OC(COC(=O)CCCCCCC/C=C\CCCCCCCCC)COC1OC(CO)C(O)C(O)C1O. The van der Waals surface area contributed by atoms with E-state index >= 15 is 0 Å². The summed E-state index contributed by atoms with van der Waals surface area (Å²) in [5.74, 6) is -0.811. The monoisotopic (exact) mass is 907 g/mol. The smallest absolute Gasteiger partial charge is 0.306 e. The van der Waals surface area contributed by atoms with E-state index in [-0.39, 0.29) is 32.0 Å². The third-order valence-electron chi connectivity index (χ3n) is 12.2. The van der Waals surface area contributed by atoms with E-state index in [2.05, 4.69) is 50.3 Å². The third kappa shape index (κ3) is 35.2. The van der Waals surface area contributed by atoms with Gasteiger partial charge in [0.15, 0.2) is 12.4 Å². The van der Waals surface area contributed by atoms with Gasteiger partial charge in [0.05, 0.1) is 13.2 Å². The molecule has 10 nitrogen and oxygen atoms in total. The van der Waals surface area contributed by atoms with Crippen LogP contribution in [-0.4, -0.2) is 89.0 Å². The Kier molecular flexibility index (Phi) is 41.9. The highest BCUT2D eigenvalue weighted by atomic mass is 16.7. The van der Waals surface area contributed by atoms with E-state index in [9.17, 15) is 30.0 Å². The molecule has 0 aromatic rings. The van der Waals surface area contributed by atoms with E-state index in [1.165, 1.54) is 141 Å². The summed E-state index contributed by atoms with van der Waals surface area (Å²) in [6.45, 7) is 3.43. The normalized spacial score (nSPS) is 19.6. The Morgan fingerprint density at radius 3 is 1.31 bits per heavy atom. The van der Waals surface area contributed by atoms with Crippen LogP contribution in [0.5, 0.6) is 0 Å². The van der Waals surface area contributed by atoms with Gasteiger partial charge in [-0.05, 0) is 70.6 Å². The summed E-state index contributed by atoms with van der Waals surface area (Å²) in [5.41, 5.74) is 0. The fourth-order valence-corrected chi connectivity index (χ4v) is 8.04. The molecule has 0 aromatic heterocycles. The van der Waals surface area contributed by atoms with Crippen LogP contribution < -0.4 is 0 Å². The number of rotatable bonds is 45. The van der Waals surface area contributed by atoms with Gasteiger partial charge in [-0.3, -0.25) is 9.59 Å². The number of allylic oxidation sites excluding steroid dienone is 6. The molecule has 1 heterocycles. The highest BCUT2D eigenvalue weighted by molar-refractivity contribution is 5.70. The fraction of sp³-hybridized carbons (Fsp3) is 0.852. The maximum atomic E-state index is 12.8. The number of unbranched alkanes of at least 4 members (excludes halogenated alkanes) is 28. The zero-order valence-electron chi connectivity index (χ0n) is 41.0. The molecule has 6 unspecified atom stereocenters. The van der Waals surface area contributed by atoms with Gasteiger partial charge in [-0.15, -0.1) is 0 Å². The Morgan fingerprint density at radius 1 is 0.484 bits per heavy atom. The second-order valence-corrected chi connectivity index (χ2v) is 18.3. The van der Waals surface area contributed by atoms with Gasteiger partial charge < -0.3 is 39.4 Å². The summed E-state index contributed by atoms with van der Waals surface area (Å²) in [6, 6.07) is 0. The minimum absolute atomic E-state index is 0.221. The van der Waals surface area contributed by atoms with Crippen molar-refractivity contribution in [3.8, 4) is 0 Å². The summed E-state index contributed by atoms with van der Waals surface area (Å²) < 4.78 is 22.3. The number of carbonyl (C=O) groups is 2. The molecule has 0 aromatic carbocycles. The lowest BCUT2D eigenvalue weighted by atomic mass is 9.99. The van der Waals surface area contributed by atoms with Crippen LogP contribution in [0.25, 0.3) is 0 Å².